The molecule has 0 bridgehead atoms. The van der Waals surface area contributed by atoms with Crippen molar-refractivity contribution in [2.24, 2.45) is 0 Å². The van der Waals surface area contributed by atoms with Crippen LogP contribution in [0.2, 0.25) is 0 Å². The first-order valence-corrected chi connectivity index (χ1v) is 7.60. The summed E-state index contributed by atoms with van der Waals surface area (Å²) in [6.45, 7) is 4.52. The molecule has 1 amide bonds. The highest BCUT2D eigenvalue weighted by Crippen LogP contribution is 2.26. The number of amides is 1. The van der Waals surface area contributed by atoms with Crippen molar-refractivity contribution in [2.75, 3.05) is 0 Å². The van der Waals surface area contributed by atoms with Gasteiger partial charge in [0.1, 0.15) is 12.4 Å². The number of carbonyl (C=O) groups excluding carboxylic acids is 1. The van der Waals surface area contributed by atoms with Crippen LogP contribution in [0.25, 0.3) is 10.9 Å². The molecular weight excluding hydrogens is 295 g/mol. The van der Waals surface area contributed by atoms with E-state index in [0.717, 1.165) is 34.1 Å². The summed E-state index contributed by atoms with van der Waals surface area (Å²) in [5.74, 6) is -0.430. The average Bonchev–Trinajstić information content (AvgIpc) is 3.13. The molecule has 0 radical (unpaired) electrons. The summed E-state index contributed by atoms with van der Waals surface area (Å²) in [6.07, 6.45) is 5.79. The Morgan fingerprint density at radius 1 is 1.43 bits per heavy atom. The molecular formula is C17H19FN4O. The smallest absolute Gasteiger partial charge is 0.240 e. The van der Waals surface area contributed by atoms with Gasteiger partial charge in [0.2, 0.25) is 5.91 Å². The van der Waals surface area contributed by atoms with Crippen LogP contribution < -0.4 is 5.32 Å². The van der Waals surface area contributed by atoms with Gasteiger partial charge >= 0.3 is 0 Å². The van der Waals surface area contributed by atoms with Crippen LogP contribution >= 0.6 is 0 Å². The number of aromatic nitrogens is 3. The third-order valence-corrected chi connectivity index (χ3v) is 4.03. The number of hydrogen-bond acceptors (Lipinski definition) is 2. The summed E-state index contributed by atoms with van der Waals surface area (Å²) in [5.41, 5.74) is 3.80. The van der Waals surface area contributed by atoms with Gasteiger partial charge in [-0.3, -0.25) is 4.79 Å². The van der Waals surface area contributed by atoms with E-state index in [1.54, 1.807) is 23.3 Å². The number of halogens is 1. The SMILES string of the molecule is CCc1[nH]c2c(CNC(=O)Cn3ccnc3)cc(F)cc2c1C. The molecule has 2 heterocycles. The fourth-order valence-electron chi connectivity index (χ4n) is 2.80. The zero-order chi connectivity index (χ0) is 16.4. The van der Waals surface area contributed by atoms with Crippen molar-refractivity contribution in [1.82, 2.24) is 19.9 Å². The topological polar surface area (TPSA) is 62.7 Å². The fourth-order valence-corrected chi connectivity index (χ4v) is 2.80. The summed E-state index contributed by atoms with van der Waals surface area (Å²) in [7, 11) is 0. The third-order valence-electron chi connectivity index (χ3n) is 4.03. The van der Waals surface area contributed by atoms with Gasteiger partial charge in [-0.1, -0.05) is 6.92 Å². The molecule has 0 spiro atoms. The van der Waals surface area contributed by atoms with Crippen LogP contribution in [0.5, 0.6) is 0 Å². The van der Waals surface area contributed by atoms with E-state index in [1.165, 1.54) is 12.1 Å². The number of imidazole rings is 1. The van der Waals surface area contributed by atoms with E-state index < -0.39 is 0 Å². The van der Waals surface area contributed by atoms with Gasteiger partial charge in [-0.05, 0) is 36.6 Å². The number of nitrogens with zero attached hydrogens (tertiary/aromatic N) is 2. The number of aryl methyl sites for hydroxylation is 2. The molecule has 120 valence electrons. The molecule has 0 saturated carbocycles. The molecule has 0 aliphatic heterocycles. The molecule has 0 saturated heterocycles. The predicted molar refractivity (Wildman–Crippen MR) is 86.4 cm³/mol. The molecule has 0 atom stereocenters. The Labute approximate surface area is 133 Å². The second-order valence-corrected chi connectivity index (χ2v) is 5.58. The number of fused-ring (bicyclic) bond motifs is 1. The third kappa shape index (κ3) is 3.11. The minimum Gasteiger partial charge on any atom is -0.358 e. The maximum Gasteiger partial charge on any atom is 0.240 e. The maximum atomic E-state index is 13.9. The Kier molecular flexibility index (Phi) is 4.14. The average molecular weight is 314 g/mol. The number of aromatic amines is 1. The lowest BCUT2D eigenvalue weighted by atomic mass is 10.1. The predicted octanol–water partition coefficient (Wildman–Crippen LogP) is 2.69. The molecule has 3 rings (SSSR count). The van der Waals surface area contributed by atoms with Gasteiger partial charge in [-0.15, -0.1) is 0 Å². The van der Waals surface area contributed by atoms with Crippen molar-refractivity contribution in [3.8, 4) is 0 Å². The number of nitrogens with one attached hydrogen (secondary N) is 2. The van der Waals surface area contributed by atoms with E-state index in [2.05, 4.69) is 22.2 Å². The van der Waals surface area contributed by atoms with E-state index in [4.69, 9.17) is 0 Å². The van der Waals surface area contributed by atoms with Crippen LogP contribution in [0.4, 0.5) is 4.39 Å². The second-order valence-electron chi connectivity index (χ2n) is 5.58. The van der Waals surface area contributed by atoms with Crippen LogP contribution in [0.1, 0.15) is 23.7 Å². The first-order valence-electron chi connectivity index (χ1n) is 7.60. The fraction of sp³-hybridized carbons (Fsp3) is 0.294. The number of hydrogen-bond donors (Lipinski definition) is 2. The lowest BCUT2D eigenvalue weighted by molar-refractivity contribution is -0.121. The Morgan fingerprint density at radius 2 is 2.26 bits per heavy atom. The largest absolute Gasteiger partial charge is 0.358 e. The summed E-state index contributed by atoms with van der Waals surface area (Å²) in [4.78, 5) is 19.2. The van der Waals surface area contributed by atoms with Crippen molar-refractivity contribution >= 4 is 16.8 Å². The van der Waals surface area contributed by atoms with Crippen molar-refractivity contribution in [3.05, 3.63) is 53.5 Å². The zero-order valence-electron chi connectivity index (χ0n) is 13.2. The lowest BCUT2D eigenvalue weighted by Crippen LogP contribution is -2.26. The number of H-pyrrole nitrogens is 1. The number of carbonyl (C=O) groups is 1. The Bertz CT molecular complexity index is 836. The molecule has 3 aromatic rings. The molecule has 0 fully saturated rings. The van der Waals surface area contributed by atoms with E-state index in [1.807, 2.05) is 6.92 Å². The van der Waals surface area contributed by atoms with Gasteiger partial charge in [-0.2, -0.15) is 0 Å². The van der Waals surface area contributed by atoms with Crippen molar-refractivity contribution in [2.45, 2.75) is 33.4 Å². The van der Waals surface area contributed by atoms with Crippen LogP contribution in [0.15, 0.2) is 30.9 Å². The van der Waals surface area contributed by atoms with E-state index >= 15 is 0 Å². The Balaban J connectivity index is 1.80. The molecule has 0 aliphatic carbocycles. The first-order chi connectivity index (χ1) is 11.1. The second kappa shape index (κ2) is 6.24. The quantitative estimate of drug-likeness (QED) is 0.760. The van der Waals surface area contributed by atoms with Gasteiger partial charge in [-0.25, -0.2) is 9.37 Å². The monoisotopic (exact) mass is 314 g/mol. The summed E-state index contributed by atoms with van der Waals surface area (Å²) < 4.78 is 15.6. The highest BCUT2D eigenvalue weighted by Gasteiger charge is 2.12. The highest BCUT2D eigenvalue weighted by atomic mass is 19.1. The molecule has 5 nitrogen and oxygen atoms in total. The minimum atomic E-state index is -0.291. The molecule has 23 heavy (non-hydrogen) atoms. The lowest BCUT2D eigenvalue weighted by Gasteiger charge is -2.08. The molecule has 0 unspecified atom stereocenters. The Morgan fingerprint density at radius 3 is 2.96 bits per heavy atom. The molecule has 1 aromatic carbocycles. The molecule has 2 aromatic heterocycles. The van der Waals surface area contributed by atoms with Gasteiger partial charge in [0.15, 0.2) is 0 Å². The van der Waals surface area contributed by atoms with E-state index in [-0.39, 0.29) is 24.8 Å². The van der Waals surface area contributed by atoms with Crippen molar-refractivity contribution < 1.29 is 9.18 Å². The van der Waals surface area contributed by atoms with Crippen LogP contribution in [-0.4, -0.2) is 20.4 Å². The van der Waals surface area contributed by atoms with E-state index in [9.17, 15) is 9.18 Å². The van der Waals surface area contributed by atoms with Gasteiger partial charge in [0, 0.05) is 30.0 Å². The first kappa shape index (κ1) is 15.3. The number of benzene rings is 1. The van der Waals surface area contributed by atoms with Crippen molar-refractivity contribution in [3.63, 3.8) is 0 Å². The highest BCUT2D eigenvalue weighted by molar-refractivity contribution is 5.87. The molecule has 2 N–H and O–H groups in total. The van der Waals surface area contributed by atoms with Gasteiger partial charge in [0.05, 0.1) is 11.8 Å². The summed E-state index contributed by atoms with van der Waals surface area (Å²) >= 11 is 0. The molecule has 6 heteroatoms. The molecule has 0 aliphatic rings. The standard InChI is InChI=1S/C17H19FN4O/c1-3-15-11(2)14-7-13(18)6-12(17(14)21-15)8-20-16(23)9-22-5-4-19-10-22/h4-7,10,21H,3,8-9H2,1-2H3,(H,20,23). The summed E-state index contributed by atoms with van der Waals surface area (Å²) in [5, 5.41) is 3.70. The summed E-state index contributed by atoms with van der Waals surface area (Å²) in [6, 6.07) is 3.01. The van der Waals surface area contributed by atoms with Gasteiger partial charge in [0.25, 0.3) is 0 Å². The normalized spacial score (nSPS) is 11.1. The Hall–Kier alpha value is -2.63. The van der Waals surface area contributed by atoms with E-state index in [0.29, 0.717) is 0 Å². The van der Waals surface area contributed by atoms with Crippen LogP contribution in [0.3, 0.4) is 0 Å². The minimum absolute atomic E-state index is 0.139. The maximum absolute atomic E-state index is 13.9. The van der Waals surface area contributed by atoms with Crippen molar-refractivity contribution in [1.29, 1.82) is 0 Å². The number of rotatable bonds is 5. The van der Waals surface area contributed by atoms with Crippen LogP contribution in [-0.2, 0) is 24.3 Å². The van der Waals surface area contributed by atoms with Gasteiger partial charge < -0.3 is 14.9 Å². The van der Waals surface area contributed by atoms with Crippen LogP contribution in [0, 0.1) is 12.7 Å². The zero-order valence-corrected chi connectivity index (χ0v) is 13.2.